The zero-order chi connectivity index (χ0) is 23.7. The number of carbonyl (C=O) groups is 2. The third-order valence-electron chi connectivity index (χ3n) is 5.71. The molecule has 2 amide bonds. The third-order valence-corrected chi connectivity index (χ3v) is 5.96. The molecule has 0 spiro atoms. The zero-order valence-electron chi connectivity index (χ0n) is 20.1. The maximum atomic E-state index is 13.2. The largest absolute Gasteiger partial charge is 0.354 e. The van der Waals surface area contributed by atoms with Crippen LogP contribution in [0.1, 0.15) is 70.6 Å². The van der Waals surface area contributed by atoms with Gasteiger partial charge in [0.1, 0.15) is 6.04 Å². The van der Waals surface area contributed by atoms with Crippen molar-refractivity contribution < 1.29 is 9.59 Å². The van der Waals surface area contributed by atoms with E-state index in [4.69, 9.17) is 11.6 Å². The Balaban J connectivity index is 2.09. The van der Waals surface area contributed by atoms with Crippen LogP contribution in [-0.2, 0) is 28.0 Å². The van der Waals surface area contributed by atoms with Crippen LogP contribution in [-0.4, -0.2) is 29.3 Å². The molecule has 174 valence electrons. The second kappa shape index (κ2) is 12.1. The molecule has 1 atom stereocenters. The van der Waals surface area contributed by atoms with E-state index < -0.39 is 6.04 Å². The van der Waals surface area contributed by atoms with E-state index in [-0.39, 0.29) is 17.2 Å². The number of halogens is 1. The molecule has 0 aromatic heterocycles. The molecule has 32 heavy (non-hydrogen) atoms. The molecule has 0 unspecified atom stereocenters. The second-order valence-electron chi connectivity index (χ2n) is 9.42. The summed E-state index contributed by atoms with van der Waals surface area (Å²) in [5.74, 6) is -0.145. The number of hydrogen-bond donors (Lipinski definition) is 1. The van der Waals surface area contributed by atoms with Gasteiger partial charge in [0.25, 0.3) is 0 Å². The second-order valence-corrected chi connectivity index (χ2v) is 9.85. The van der Waals surface area contributed by atoms with Crippen LogP contribution in [0.3, 0.4) is 0 Å². The van der Waals surface area contributed by atoms with Gasteiger partial charge >= 0.3 is 0 Å². The summed E-state index contributed by atoms with van der Waals surface area (Å²) >= 11 is 6.01. The van der Waals surface area contributed by atoms with Gasteiger partial charge in [0.15, 0.2) is 0 Å². The third kappa shape index (κ3) is 7.98. The minimum atomic E-state index is -0.543. The Labute approximate surface area is 198 Å². The molecule has 0 aliphatic rings. The summed E-state index contributed by atoms with van der Waals surface area (Å²) < 4.78 is 0. The molecule has 0 aliphatic carbocycles. The molecule has 0 aliphatic heterocycles. The highest BCUT2D eigenvalue weighted by molar-refractivity contribution is 6.30. The van der Waals surface area contributed by atoms with Crippen molar-refractivity contribution >= 4 is 23.4 Å². The minimum absolute atomic E-state index is 0.0296. The molecular weight excluding hydrogens is 420 g/mol. The first-order chi connectivity index (χ1) is 15.1. The standard InChI is InChI=1S/C27H37ClN2O2/c1-6-7-18-29-26(32)20(2)30(19-22-10-15-24(28)16-11-22)25(31)17-12-21-8-13-23(14-9-21)27(3,4)5/h8-11,13-16,20H,6-7,12,17-19H2,1-5H3,(H,29,32)/t20-/m0/s1. The molecule has 5 heteroatoms. The Bertz CT molecular complexity index is 870. The Morgan fingerprint density at radius 3 is 2.16 bits per heavy atom. The molecule has 4 nitrogen and oxygen atoms in total. The number of nitrogens with one attached hydrogen (secondary N) is 1. The van der Waals surface area contributed by atoms with Crippen molar-refractivity contribution in [2.45, 2.75) is 78.3 Å². The van der Waals surface area contributed by atoms with Gasteiger partial charge in [-0.15, -0.1) is 0 Å². The van der Waals surface area contributed by atoms with Crippen LogP contribution in [0.2, 0.25) is 5.02 Å². The number of aryl methyl sites for hydroxylation is 1. The van der Waals surface area contributed by atoms with E-state index in [0.717, 1.165) is 24.0 Å². The summed E-state index contributed by atoms with van der Waals surface area (Å²) in [5, 5.41) is 3.60. The summed E-state index contributed by atoms with van der Waals surface area (Å²) in [7, 11) is 0. The lowest BCUT2D eigenvalue weighted by molar-refractivity contribution is -0.140. The van der Waals surface area contributed by atoms with Gasteiger partial charge in [-0.1, -0.05) is 82.1 Å². The van der Waals surface area contributed by atoms with E-state index in [2.05, 4.69) is 57.3 Å². The highest BCUT2D eigenvalue weighted by atomic mass is 35.5. The average molecular weight is 457 g/mol. The van der Waals surface area contributed by atoms with Crippen molar-refractivity contribution in [3.05, 3.63) is 70.2 Å². The topological polar surface area (TPSA) is 49.4 Å². The number of unbranched alkanes of at least 4 members (excludes halogenated alkanes) is 1. The van der Waals surface area contributed by atoms with Crippen LogP contribution in [0.5, 0.6) is 0 Å². The van der Waals surface area contributed by atoms with Gasteiger partial charge in [-0.2, -0.15) is 0 Å². The zero-order valence-corrected chi connectivity index (χ0v) is 20.8. The fourth-order valence-corrected chi connectivity index (χ4v) is 3.60. The summed E-state index contributed by atoms with van der Waals surface area (Å²) in [4.78, 5) is 27.6. The number of benzene rings is 2. The Hall–Kier alpha value is -2.33. The highest BCUT2D eigenvalue weighted by Crippen LogP contribution is 2.23. The molecule has 1 N–H and O–H groups in total. The van der Waals surface area contributed by atoms with Crippen LogP contribution in [0.25, 0.3) is 0 Å². The molecule has 0 bridgehead atoms. The molecule has 0 fully saturated rings. The molecule has 0 radical (unpaired) electrons. The minimum Gasteiger partial charge on any atom is -0.354 e. The molecule has 0 saturated heterocycles. The Morgan fingerprint density at radius 1 is 1.00 bits per heavy atom. The maximum Gasteiger partial charge on any atom is 0.242 e. The lowest BCUT2D eigenvalue weighted by atomic mass is 9.86. The summed E-state index contributed by atoms with van der Waals surface area (Å²) in [6.07, 6.45) is 2.93. The molecule has 2 rings (SSSR count). The van der Waals surface area contributed by atoms with Crippen LogP contribution in [0.15, 0.2) is 48.5 Å². The van der Waals surface area contributed by atoms with Crippen molar-refractivity contribution in [3.8, 4) is 0 Å². The Kier molecular flexibility index (Phi) is 9.77. The van der Waals surface area contributed by atoms with Crippen LogP contribution in [0.4, 0.5) is 0 Å². The van der Waals surface area contributed by atoms with Crippen molar-refractivity contribution in [1.82, 2.24) is 10.2 Å². The first kappa shape index (κ1) is 25.9. The van der Waals surface area contributed by atoms with Gasteiger partial charge < -0.3 is 10.2 Å². The average Bonchev–Trinajstić information content (AvgIpc) is 2.76. The molecular formula is C27H37ClN2O2. The molecule has 0 heterocycles. The number of nitrogens with zero attached hydrogens (tertiary/aromatic N) is 1. The van der Waals surface area contributed by atoms with E-state index in [1.165, 1.54) is 5.56 Å². The SMILES string of the molecule is CCCCNC(=O)[C@H](C)N(Cc1ccc(Cl)cc1)C(=O)CCc1ccc(C(C)(C)C)cc1. The maximum absolute atomic E-state index is 13.2. The van der Waals surface area contributed by atoms with Gasteiger partial charge in [-0.05, 0) is 54.0 Å². The Morgan fingerprint density at radius 2 is 1.59 bits per heavy atom. The van der Waals surface area contributed by atoms with Crippen LogP contribution >= 0.6 is 11.6 Å². The van der Waals surface area contributed by atoms with Crippen LogP contribution in [0, 0.1) is 0 Å². The first-order valence-electron chi connectivity index (χ1n) is 11.5. The van der Waals surface area contributed by atoms with E-state index >= 15 is 0 Å². The quantitative estimate of drug-likeness (QED) is 0.452. The van der Waals surface area contributed by atoms with Gasteiger partial charge in [0.2, 0.25) is 11.8 Å². The molecule has 2 aromatic rings. The lowest BCUT2D eigenvalue weighted by Crippen LogP contribution is -2.47. The number of carbonyl (C=O) groups excluding carboxylic acids is 2. The number of rotatable bonds is 10. The predicted molar refractivity (Wildman–Crippen MR) is 133 cm³/mol. The van der Waals surface area contributed by atoms with Crippen molar-refractivity contribution in [1.29, 1.82) is 0 Å². The fraction of sp³-hybridized carbons (Fsp3) is 0.481. The first-order valence-corrected chi connectivity index (χ1v) is 11.9. The van der Waals surface area contributed by atoms with E-state index in [1.807, 2.05) is 24.3 Å². The lowest BCUT2D eigenvalue weighted by Gasteiger charge is -2.29. The van der Waals surface area contributed by atoms with E-state index in [9.17, 15) is 9.59 Å². The summed E-state index contributed by atoms with van der Waals surface area (Å²) in [5.41, 5.74) is 3.45. The van der Waals surface area contributed by atoms with Gasteiger partial charge in [-0.25, -0.2) is 0 Å². The normalized spacial score (nSPS) is 12.3. The van der Waals surface area contributed by atoms with E-state index in [1.54, 1.807) is 11.8 Å². The molecule has 0 saturated carbocycles. The van der Waals surface area contributed by atoms with Crippen molar-refractivity contribution in [2.24, 2.45) is 0 Å². The molecule has 2 aromatic carbocycles. The smallest absolute Gasteiger partial charge is 0.242 e. The van der Waals surface area contributed by atoms with Gasteiger partial charge in [0, 0.05) is 24.5 Å². The monoisotopic (exact) mass is 456 g/mol. The number of amides is 2. The predicted octanol–water partition coefficient (Wildman–Crippen LogP) is 5.90. The number of hydrogen-bond acceptors (Lipinski definition) is 2. The van der Waals surface area contributed by atoms with Crippen molar-refractivity contribution in [2.75, 3.05) is 6.54 Å². The van der Waals surface area contributed by atoms with Gasteiger partial charge in [-0.3, -0.25) is 9.59 Å². The fourth-order valence-electron chi connectivity index (χ4n) is 3.47. The summed E-state index contributed by atoms with van der Waals surface area (Å²) in [6.45, 7) is 11.4. The van der Waals surface area contributed by atoms with E-state index in [0.29, 0.717) is 31.0 Å². The van der Waals surface area contributed by atoms with Gasteiger partial charge in [0.05, 0.1) is 0 Å². The summed E-state index contributed by atoms with van der Waals surface area (Å²) in [6, 6.07) is 15.3. The van der Waals surface area contributed by atoms with Crippen molar-refractivity contribution in [3.63, 3.8) is 0 Å². The van der Waals surface area contributed by atoms with Crippen LogP contribution < -0.4 is 5.32 Å². The highest BCUT2D eigenvalue weighted by Gasteiger charge is 2.25.